The third kappa shape index (κ3) is 3.63. The van der Waals surface area contributed by atoms with E-state index in [0.717, 1.165) is 13.0 Å². The van der Waals surface area contributed by atoms with Gasteiger partial charge in [0, 0.05) is 38.6 Å². The molecular formula is C14H17N7. The summed E-state index contributed by atoms with van der Waals surface area (Å²) < 4.78 is 0. The Morgan fingerprint density at radius 1 is 1.24 bits per heavy atom. The summed E-state index contributed by atoms with van der Waals surface area (Å²) in [4.78, 5) is 19.0. The molecule has 0 fully saturated rings. The van der Waals surface area contributed by atoms with Gasteiger partial charge in [0.15, 0.2) is 5.82 Å². The molecule has 0 aliphatic rings. The van der Waals surface area contributed by atoms with E-state index in [1.165, 1.54) is 6.20 Å². The van der Waals surface area contributed by atoms with E-state index in [0.29, 0.717) is 28.8 Å². The molecule has 2 heterocycles. The van der Waals surface area contributed by atoms with Crippen molar-refractivity contribution >= 4 is 11.9 Å². The summed E-state index contributed by atoms with van der Waals surface area (Å²) >= 11 is 0. The number of nitrogens with one attached hydrogen (secondary N) is 1. The number of anilines is 2. The predicted octanol–water partition coefficient (Wildman–Crippen LogP) is 1.69. The molecule has 0 aliphatic carbocycles. The van der Waals surface area contributed by atoms with E-state index in [-0.39, 0.29) is 0 Å². The van der Waals surface area contributed by atoms with Crippen molar-refractivity contribution in [3.63, 3.8) is 0 Å². The zero-order valence-electron chi connectivity index (χ0n) is 12.3. The lowest BCUT2D eigenvalue weighted by Crippen LogP contribution is -2.16. The highest BCUT2D eigenvalue weighted by atomic mass is 15.3. The van der Waals surface area contributed by atoms with E-state index in [1.807, 2.05) is 19.0 Å². The van der Waals surface area contributed by atoms with Gasteiger partial charge in [0.1, 0.15) is 6.07 Å². The van der Waals surface area contributed by atoms with E-state index in [2.05, 4.69) is 38.2 Å². The molecule has 0 aromatic carbocycles. The van der Waals surface area contributed by atoms with Crippen molar-refractivity contribution < 1.29 is 0 Å². The Morgan fingerprint density at radius 3 is 2.71 bits per heavy atom. The van der Waals surface area contributed by atoms with Crippen LogP contribution in [0, 0.1) is 11.3 Å². The predicted molar refractivity (Wildman–Crippen MR) is 80.9 cm³/mol. The first-order valence-corrected chi connectivity index (χ1v) is 6.67. The van der Waals surface area contributed by atoms with E-state index >= 15 is 0 Å². The fourth-order valence-electron chi connectivity index (χ4n) is 1.63. The van der Waals surface area contributed by atoms with E-state index < -0.39 is 0 Å². The van der Waals surface area contributed by atoms with Gasteiger partial charge in [-0.05, 0) is 12.5 Å². The van der Waals surface area contributed by atoms with Crippen molar-refractivity contribution in [2.75, 3.05) is 30.9 Å². The van der Waals surface area contributed by atoms with Gasteiger partial charge in [-0.25, -0.2) is 0 Å². The summed E-state index contributed by atoms with van der Waals surface area (Å²) in [6.07, 6.45) is 4.12. The van der Waals surface area contributed by atoms with Crippen LogP contribution in [0.5, 0.6) is 0 Å². The molecule has 0 unspecified atom stereocenters. The van der Waals surface area contributed by atoms with Gasteiger partial charge in [0.25, 0.3) is 0 Å². The molecule has 0 bridgehead atoms. The fraction of sp³-hybridized carbons (Fsp3) is 0.357. The van der Waals surface area contributed by atoms with Crippen LogP contribution in [0.1, 0.15) is 18.9 Å². The third-order valence-corrected chi connectivity index (χ3v) is 2.68. The first-order chi connectivity index (χ1) is 10.1. The minimum Gasteiger partial charge on any atom is -0.354 e. The molecule has 0 amide bonds. The molecule has 108 valence electrons. The molecule has 2 aromatic heterocycles. The number of nitriles is 1. The molecule has 2 rings (SSSR count). The van der Waals surface area contributed by atoms with E-state index in [9.17, 15) is 0 Å². The average molecular weight is 283 g/mol. The van der Waals surface area contributed by atoms with Gasteiger partial charge in [-0.2, -0.15) is 20.2 Å². The molecule has 21 heavy (non-hydrogen) atoms. The van der Waals surface area contributed by atoms with Crippen LogP contribution < -0.4 is 10.2 Å². The van der Waals surface area contributed by atoms with Gasteiger partial charge in [-0.1, -0.05) is 6.92 Å². The van der Waals surface area contributed by atoms with Gasteiger partial charge < -0.3 is 10.2 Å². The molecule has 7 heteroatoms. The van der Waals surface area contributed by atoms with Crippen LogP contribution in [0.15, 0.2) is 18.5 Å². The van der Waals surface area contributed by atoms with Crippen LogP contribution in [-0.4, -0.2) is 40.6 Å². The Hall–Kier alpha value is -2.75. The summed E-state index contributed by atoms with van der Waals surface area (Å²) in [5.74, 6) is 1.57. The Bertz CT molecular complexity index is 661. The van der Waals surface area contributed by atoms with Crippen LogP contribution in [0.3, 0.4) is 0 Å². The largest absolute Gasteiger partial charge is 0.354 e. The maximum atomic E-state index is 8.96. The van der Waals surface area contributed by atoms with Gasteiger partial charge in [0.2, 0.25) is 11.9 Å². The summed E-state index contributed by atoms with van der Waals surface area (Å²) in [5, 5.41) is 12.1. The lowest BCUT2D eigenvalue weighted by molar-refractivity contribution is 0.919. The van der Waals surface area contributed by atoms with Crippen LogP contribution in [0.2, 0.25) is 0 Å². The van der Waals surface area contributed by atoms with Crippen molar-refractivity contribution in [2.24, 2.45) is 0 Å². The Morgan fingerprint density at radius 2 is 2.05 bits per heavy atom. The summed E-state index contributed by atoms with van der Waals surface area (Å²) in [6.45, 7) is 2.86. The van der Waals surface area contributed by atoms with Gasteiger partial charge in [-0.3, -0.25) is 4.98 Å². The number of rotatable bonds is 5. The topological polar surface area (TPSA) is 90.6 Å². The van der Waals surface area contributed by atoms with Gasteiger partial charge in [0.05, 0.1) is 5.56 Å². The first kappa shape index (κ1) is 14.7. The number of pyridine rings is 1. The van der Waals surface area contributed by atoms with Crippen molar-refractivity contribution in [1.82, 2.24) is 19.9 Å². The maximum absolute atomic E-state index is 8.96. The molecule has 2 aromatic rings. The molecule has 1 N–H and O–H groups in total. The number of hydrogen-bond acceptors (Lipinski definition) is 7. The second-order valence-electron chi connectivity index (χ2n) is 4.68. The second-order valence-corrected chi connectivity index (χ2v) is 4.68. The highest BCUT2D eigenvalue weighted by molar-refractivity contribution is 5.59. The highest BCUT2D eigenvalue weighted by Gasteiger charge is 2.10. The molecule has 0 saturated heterocycles. The molecular weight excluding hydrogens is 266 g/mol. The van der Waals surface area contributed by atoms with Gasteiger partial charge in [-0.15, -0.1) is 0 Å². The minimum absolute atomic E-state index is 0.474. The van der Waals surface area contributed by atoms with Crippen LogP contribution in [0.4, 0.5) is 11.9 Å². The van der Waals surface area contributed by atoms with Crippen molar-refractivity contribution in [1.29, 1.82) is 5.26 Å². The monoisotopic (exact) mass is 283 g/mol. The molecule has 0 saturated carbocycles. The molecule has 7 nitrogen and oxygen atoms in total. The summed E-state index contributed by atoms with van der Waals surface area (Å²) in [5.41, 5.74) is 1.17. The Labute approximate surface area is 123 Å². The van der Waals surface area contributed by atoms with Crippen LogP contribution in [-0.2, 0) is 0 Å². The zero-order valence-corrected chi connectivity index (χ0v) is 12.3. The smallest absolute Gasteiger partial charge is 0.230 e. The van der Waals surface area contributed by atoms with E-state index in [1.54, 1.807) is 12.3 Å². The number of aromatic nitrogens is 4. The summed E-state index contributed by atoms with van der Waals surface area (Å²) in [6, 6.07) is 3.78. The maximum Gasteiger partial charge on any atom is 0.230 e. The normalized spacial score (nSPS) is 10.0. The van der Waals surface area contributed by atoms with Crippen molar-refractivity contribution in [2.45, 2.75) is 13.3 Å². The average Bonchev–Trinajstić information content (AvgIpc) is 2.52. The number of hydrogen-bond donors (Lipinski definition) is 1. The molecule has 0 aliphatic heterocycles. The Balaban J connectivity index is 2.46. The lowest BCUT2D eigenvalue weighted by Gasteiger charge is -2.13. The number of nitrogens with zero attached hydrogens (tertiary/aromatic N) is 6. The molecule has 0 radical (unpaired) electrons. The third-order valence-electron chi connectivity index (χ3n) is 2.68. The van der Waals surface area contributed by atoms with Crippen LogP contribution in [0.25, 0.3) is 11.4 Å². The highest BCUT2D eigenvalue weighted by Crippen LogP contribution is 2.19. The first-order valence-electron chi connectivity index (χ1n) is 6.67. The standard InChI is InChI=1S/C14H17N7/c1-4-5-17-13-18-12(19-14(20-13)21(2)3)11-6-10(7-15)8-16-9-11/h6,8-9H,4-5H2,1-3H3,(H,17,18,19,20). The van der Waals surface area contributed by atoms with Crippen molar-refractivity contribution in [3.05, 3.63) is 24.0 Å². The minimum atomic E-state index is 0.474. The molecule has 0 spiro atoms. The Kier molecular flexibility index (Phi) is 4.61. The van der Waals surface area contributed by atoms with Gasteiger partial charge >= 0.3 is 0 Å². The second kappa shape index (κ2) is 6.61. The zero-order chi connectivity index (χ0) is 15.2. The van der Waals surface area contributed by atoms with Crippen LogP contribution >= 0.6 is 0 Å². The quantitative estimate of drug-likeness (QED) is 0.892. The van der Waals surface area contributed by atoms with Crippen molar-refractivity contribution in [3.8, 4) is 17.5 Å². The summed E-state index contributed by atoms with van der Waals surface area (Å²) in [7, 11) is 3.74. The van der Waals surface area contributed by atoms with E-state index in [4.69, 9.17) is 5.26 Å². The SMILES string of the molecule is CCCNc1nc(-c2cncc(C#N)c2)nc(N(C)C)n1. The lowest BCUT2D eigenvalue weighted by atomic mass is 10.2. The fourth-order valence-corrected chi connectivity index (χ4v) is 1.63. The molecule has 0 atom stereocenters.